The molecule has 1 unspecified atom stereocenters. The highest BCUT2D eigenvalue weighted by molar-refractivity contribution is 5.92. The van der Waals surface area contributed by atoms with Crippen LogP contribution in [0, 0.1) is 0 Å². The molecular formula is C20H28N6O2. The van der Waals surface area contributed by atoms with Gasteiger partial charge < -0.3 is 15.4 Å². The van der Waals surface area contributed by atoms with Gasteiger partial charge in [-0.05, 0) is 31.5 Å². The van der Waals surface area contributed by atoms with Crippen molar-refractivity contribution in [1.82, 2.24) is 30.5 Å². The van der Waals surface area contributed by atoms with E-state index in [2.05, 4.69) is 38.0 Å². The molecule has 1 atom stereocenters. The third-order valence-electron chi connectivity index (χ3n) is 5.48. The van der Waals surface area contributed by atoms with Gasteiger partial charge in [-0.2, -0.15) is 0 Å². The summed E-state index contributed by atoms with van der Waals surface area (Å²) in [6.07, 6.45) is 3.80. The molecule has 2 aromatic rings. The molecule has 1 amide bonds. The van der Waals surface area contributed by atoms with Gasteiger partial charge in [-0.25, -0.2) is 4.68 Å². The van der Waals surface area contributed by atoms with Crippen molar-refractivity contribution in [2.75, 3.05) is 45.9 Å². The maximum atomic E-state index is 12.9. The Hall–Kier alpha value is -2.29. The zero-order valence-corrected chi connectivity index (χ0v) is 16.1. The van der Waals surface area contributed by atoms with E-state index in [9.17, 15) is 4.79 Å². The second-order valence-electron chi connectivity index (χ2n) is 7.41. The van der Waals surface area contributed by atoms with Crippen LogP contribution in [-0.4, -0.2) is 71.7 Å². The zero-order valence-electron chi connectivity index (χ0n) is 16.1. The van der Waals surface area contributed by atoms with Gasteiger partial charge in [0, 0.05) is 19.6 Å². The van der Waals surface area contributed by atoms with Gasteiger partial charge in [-0.3, -0.25) is 9.69 Å². The van der Waals surface area contributed by atoms with Crippen molar-refractivity contribution in [1.29, 1.82) is 0 Å². The van der Waals surface area contributed by atoms with Crippen LogP contribution < -0.4 is 10.6 Å². The molecule has 0 bridgehead atoms. The van der Waals surface area contributed by atoms with Crippen molar-refractivity contribution < 1.29 is 9.53 Å². The molecule has 3 heterocycles. The van der Waals surface area contributed by atoms with E-state index in [1.807, 2.05) is 22.9 Å². The highest BCUT2D eigenvalue weighted by Crippen LogP contribution is 2.18. The summed E-state index contributed by atoms with van der Waals surface area (Å²) in [5.41, 5.74) is 1.47. The summed E-state index contributed by atoms with van der Waals surface area (Å²) < 4.78 is 7.29. The number of benzene rings is 1. The van der Waals surface area contributed by atoms with Gasteiger partial charge in [-0.1, -0.05) is 35.5 Å². The lowest BCUT2D eigenvalue weighted by Crippen LogP contribution is -2.43. The molecule has 28 heavy (non-hydrogen) atoms. The molecule has 0 radical (unpaired) electrons. The van der Waals surface area contributed by atoms with Crippen LogP contribution in [0.5, 0.6) is 0 Å². The van der Waals surface area contributed by atoms with Gasteiger partial charge in [0.05, 0.1) is 31.5 Å². The topological polar surface area (TPSA) is 84.3 Å². The molecule has 4 rings (SSSR count). The number of carbonyl (C=O) groups excluding carboxylic acids is 1. The van der Waals surface area contributed by atoms with E-state index in [0.717, 1.165) is 64.3 Å². The molecular weight excluding hydrogens is 356 g/mol. The Morgan fingerprint density at radius 1 is 1.21 bits per heavy atom. The second-order valence-corrected chi connectivity index (χ2v) is 7.41. The van der Waals surface area contributed by atoms with Crippen molar-refractivity contribution in [2.24, 2.45) is 0 Å². The van der Waals surface area contributed by atoms with Crippen LogP contribution >= 0.6 is 0 Å². The highest BCUT2D eigenvalue weighted by Gasteiger charge is 2.23. The Kier molecular flexibility index (Phi) is 6.31. The Morgan fingerprint density at radius 2 is 1.96 bits per heavy atom. The van der Waals surface area contributed by atoms with Gasteiger partial charge >= 0.3 is 0 Å². The summed E-state index contributed by atoms with van der Waals surface area (Å²) in [6.45, 7) is 5.93. The van der Waals surface area contributed by atoms with Crippen molar-refractivity contribution in [2.45, 2.75) is 24.9 Å². The molecule has 2 N–H and O–H groups in total. The fourth-order valence-electron chi connectivity index (χ4n) is 3.82. The Balaban J connectivity index is 1.45. The molecule has 0 aliphatic carbocycles. The predicted octanol–water partition coefficient (Wildman–Crippen LogP) is 1.01. The first kappa shape index (κ1) is 19.0. The molecule has 0 saturated carbocycles. The van der Waals surface area contributed by atoms with Crippen LogP contribution in [0.4, 0.5) is 0 Å². The minimum absolute atomic E-state index is 0.101. The Bertz CT molecular complexity index is 753. The number of nitrogens with zero attached hydrogens (tertiary/aromatic N) is 4. The molecule has 1 aromatic carbocycles. The van der Waals surface area contributed by atoms with Crippen molar-refractivity contribution >= 4 is 5.91 Å². The van der Waals surface area contributed by atoms with Crippen molar-refractivity contribution in [3.05, 3.63) is 47.8 Å². The SMILES string of the molecule is O=C(NC(CN1CCOCC1)c1ccccc1)c1cn(C2CCNCC2)nn1. The van der Waals surface area contributed by atoms with Crippen LogP contribution in [0.25, 0.3) is 0 Å². The Labute approximate surface area is 165 Å². The molecule has 2 aliphatic heterocycles. The Morgan fingerprint density at radius 3 is 2.71 bits per heavy atom. The zero-order chi connectivity index (χ0) is 19.2. The molecule has 2 fully saturated rings. The number of rotatable bonds is 6. The van der Waals surface area contributed by atoms with Crippen LogP contribution in [0.3, 0.4) is 0 Å². The van der Waals surface area contributed by atoms with E-state index >= 15 is 0 Å². The number of amides is 1. The third kappa shape index (κ3) is 4.76. The monoisotopic (exact) mass is 384 g/mol. The van der Waals surface area contributed by atoms with Crippen molar-refractivity contribution in [3.63, 3.8) is 0 Å². The summed E-state index contributed by atoms with van der Waals surface area (Å²) in [6, 6.07) is 10.3. The number of carbonyl (C=O) groups is 1. The van der Waals surface area contributed by atoms with E-state index in [4.69, 9.17) is 4.74 Å². The van der Waals surface area contributed by atoms with E-state index in [1.165, 1.54) is 0 Å². The number of nitrogens with one attached hydrogen (secondary N) is 2. The van der Waals surface area contributed by atoms with E-state index in [1.54, 1.807) is 6.20 Å². The fourth-order valence-corrected chi connectivity index (χ4v) is 3.82. The average molecular weight is 384 g/mol. The minimum atomic E-state index is -0.178. The number of hydrogen-bond donors (Lipinski definition) is 2. The fraction of sp³-hybridized carbons (Fsp3) is 0.550. The first-order valence-electron chi connectivity index (χ1n) is 10.1. The minimum Gasteiger partial charge on any atom is -0.379 e. The van der Waals surface area contributed by atoms with Gasteiger partial charge in [0.1, 0.15) is 0 Å². The summed E-state index contributed by atoms with van der Waals surface area (Å²) in [4.78, 5) is 15.2. The summed E-state index contributed by atoms with van der Waals surface area (Å²) in [5.74, 6) is -0.178. The van der Waals surface area contributed by atoms with Crippen LogP contribution in [0.2, 0.25) is 0 Å². The van der Waals surface area contributed by atoms with Gasteiger partial charge in [-0.15, -0.1) is 5.10 Å². The number of aromatic nitrogens is 3. The molecule has 2 saturated heterocycles. The first-order chi connectivity index (χ1) is 13.8. The van der Waals surface area contributed by atoms with Crippen molar-refractivity contribution in [3.8, 4) is 0 Å². The van der Waals surface area contributed by atoms with Gasteiger partial charge in [0.25, 0.3) is 5.91 Å². The standard InChI is InChI=1S/C20H28N6O2/c27-20(19-15-26(24-23-19)17-6-8-21-9-7-17)22-18(16-4-2-1-3-5-16)14-25-10-12-28-13-11-25/h1-5,15,17-18,21H,6-14H2,(H,22,27). The smallest absolute Gasteiger partial charge is 0.273 e. The molecule has 150 valence electrons. The van der Waals surface area contributed by atoms with Crippen LogP contribution in [0.1, 0.15) is 41.0 Å². The predicted molar refractivity (Wildman–Crippen MR) is 105 cm³/mol. The maximum Gasteiger partial charge on any atom is 0.273 e. The van der Waals surface area contributed by atoms with Crippen LogP contribution in [0.15, 0.2) is 36.5 Å². The molecule has 8 nitrogen and oxygen atoms in total. The summed E-state index contributed by atoms with van der Waals surface area (Å²) in [7, 11) is 0. The highest BCUT2D eigenvalue weighted by atomic mass is 16.5. The second kappa shape index (κ2) is 9.27. The number of piperidine rings is 1. The normalized spacial score (nSPS) is 20.0. The van der Waals surface area contributed by atoms with Gasteiger partial charge in [0.2, 0.25) is 0 Å². The molecule has 1 aromatic heterocycles. The van der Waals surface area contributed by atoms with Crippen LogP contribution in [-0.2, 0) is 4.74 Å². The summed E-state index contributed by atoms with van der Waals surface area (Å²) >= 11 is 0. The third-order valence-corrected chi connectivity index (χ3v) is 5.48. The number of morpholine rings is 1. The largest absolute Gasteiger partial charge is 0.379 e. The number of ether oxygens (including phenoxy) is 1. The maximum absolute atomic E-state index is 12.9. The van der Waals surface area contributed by atoms with E-state index < -0.39 is 0 Å². The average Bonchev–Trinajstić information content (AvgIpc) is 3.26. The van der Waals surface area contributed by atoms with E-state index in [-0.39, 0.29) is 11.9 Å². The van der Waals surface area contributed by atoms with Gasteiger partial charge in [0.15, 0.2) is 5.69 Å². The molecule has 0 spiro atoms. The lowest BCUT2D eigenvalue weighted by Gasteiger charge is -2.31. The molecule has 8 heteroatoms. The van der Waals surface area contributed by atoms with E-state index in [0.29, 0.717) is 11.7 Å². The lowest BCUT2D eigenvalue weighted by molar-refractivity contribution is 0.0332. The quantitative estimate of drug-likeness (QED) is 0.773. The number of hydrogen-bond acceptors (Lipinski definition) is 6. The summed E-state index contributed by atoms with van der Waals surface area (Å²) in [5, 5.41) is 14.8. The molecule has 2 aliphatic rings. The lowest BCUT2D eigenvalue weighted by atomic mass is 10.1. The first-order valence-corrected chi connectivity index (χ1v) is 10.1.